The molecule has 3 aromatic rings. The number of nitrogens with two attached hydrogens (primary N) is 1. The van der Waals surface area contributed by atoms with Gasteiger partial charge in [-0.15, -0.1) is 11.3 Å². The monoisotopic (exact) mass is 411 g/mol. The quantitative estimate of drug-likeness (QED) is 0.450. The van der Waals surface area contributed by atoms with Crippen LogP contribution < -0.4 is 15.8 Å². The maximum atomic E-state index is 12.5. The Labute approximate surface area is 172 Å². The number of anilines is 2. The molecule has 0 aliphatic carbocycles. The van der Waals surface area contributed by atoms with Crippen molar-refractivity contribution in [1.82, 2.24) is 4.98 Å². The van der Waals surface area contributed by atoms with Crippen LogP contribution in [0.1, 0.15) is 23.7 Å². The Hall–Kier alpha value is -3.39. The topological polar surface area (TPSA) is 104 Å². The second kappa shape index (κ2) is 9.20. The standard InChI is InChI=1S/C21H21N3O4S/c1-3-18(28-20(26)14-5-4-6-15(22)11-14)19(25)24-21-23-17(12-29-21)13-7-9-16(27-2)10-8-13/h4-12,18H,3,22H2,1-2H3,(H,23,24,25). The molecule has 1 unspecified atom stereocenters. The average molecular weight is 411 g/mol. The number of esters is 1. The predicted molar refractivity (Wildman–Crippen MR) is 113 cm³/mol. The first-order valence-electron chi connectivity index (χ1n) is 8.97. The van der Waals surface area contributed by atoms with Crippen LogP contribution in [0.15, 0.2) is 53.9 Å². The second-order valence-electron chi connectivity index (χ2n) is 6.18. The van der Waals surface area contributed by atoms with Crippen LogP contribution in [0.4, 0.5) is 10.8 Å². The van der Waals surface area contributed by atoms with E-state index in [1.54, 1.807) is 32.2 Å². The smallest absolute Gasteiger partial charge is 0.338 e. The molecule has 0 fully saturated rings. The highest BCUT2D eigenvalue weighted by Gasteiger charge is 2.23. The van der Waals surface area contributed by atoms with Crippen molar-refractivity contribution in [2.45, 2.75) is 19.4 Å². The maximum absolute atomic E-state index is 12.5. The molecule has 0 aliphatic rings. The van der Waals surface area contributed by atoms with Gasteiger partial charge in [-0.1, -0.05) is 13.0 Å². The van der Waals surface area contributed by atoms with Gasteiger partial charge in [0.15, 0.2) is 11.2 Å². The number of thiazole rings is 1. The van der Waals surface area contributed by atoms with Crippen molar-refractivity contribution in [2.24, 2.45) is 0 Å². The second-order valence-corrected chi connectivity index (χ2v) is 7.04. The Morgan fingerprint density at radius 3 is 2.62 bits per heavy atom. The summed E-state index contributed by atoms with van der Waals surface area (Å²) in [6, 6.07) is 13.9. The first kappa shape index (κ1) is 20.3. The summed E-state index contributed by atoms with van der Waals surface area (Å²) in [4.78, 5) is 29.3. The van der Waals surface area contributed by atoms with Gasteiger partial charge in [0.1, 0.15) is 5.75 Å². The fourth-order valence-corrected chi connectivity index (χ4v) is 3.32. The Bertz CT molecular complexity index is 1000. The number of rotatable bonds is 7. The number of ether oxygens (including phenoxy) is 2. The zero-order valence-corrected chi connectivity index (χ0v) is 16.9. The van der Waals surface area contributed by atoms with Crippen LogP contribution in [0.25, 0.3) is 11.3 Å². The van der Waals surface area contributed by atoms with E-state index in [2.05, 4.69) is 10.3 Å². The predicted octanol–water partition coefficient (Wildman–Crippen LogP) is 3.98. The number of amides is 1. The number of carbonyl (C=O) groups excluding carboxylic acids is 2. The molecule has 0 saturated carbocycles. The molecule has 3 rings (SSSR count). The summed E-state index contributed by atoms with van der Waals surface area (Å²) in [5.41, 5.74) is 8.07. The number of hydrogen-bond donors (Lipinski definition) is 2. The van der Waals surface area contributed by atoms with Gasteiger partial charge in [0.2, 0.25) is 0 Å². The summed E-state index contributed by atoms with van der Waals surface area (Å²) in [6.45, 7) is 1.77. The number of nitrogen functional groups attached to an aromatic ring is 1. The molecule has 1 aromatic heterocycles. The molecule has 0 radical (unpaired) electrons. The van der Waals surface area contributed by atoms with Gasteiger partial charge in [0, 0.05) is 16.6 Å². The number of nitrogens with zero attached hydrogens (tertiary/aromatic N) is 1. The van der Waals surface area contributed by atoms with Crippen molar-refractivity contribution in [1.29, 1.82) is 0 Å². The third-order valence-electron chi connectivity index (χ3n) is 4.15. The summed E-state index contributed by atoms with van der Waals surface area (Å²) in [5.74, 6) is -0.275. The van der Waals surface area contributed by atoms with Gasteiger partial charge in [0.25, 0.3) is 5.91 Å². The summed E-state index contributed by atoms with van der Waals surface area (Å²) < 4.78 is 10.5. The molecule has 3 N–H and O–H groups in total. The molecule has 0 saturated heterocycles. The molecule has 2 aromatic carbocycles. The van der Waals surface area contributed by atoms with Crippen molar-refractivity contribution in [3.05, 3.63) is 59.5 Å². The number of hydrogen-bond acceptors (Lipinski definition) is 7. The molecule has 0 spiro atoms. The number of aromatic nitrogens is 1. The summed E-state index contributed by atoms with van der Waals surface area (Å²) >= 11 is 1.30. The third-order valence-corrected chi connectivity index (χ3v) is 4.91. The number of benzene rings is 2. The van der Waals surface area contributed by atoms with Crippen LogP contribution in [0.3, 0.4) is 0 Å². The van der Waals surface area contributed by atoms with Crippen molar-refractivity contribution < 1.29 is 19.1 Å². The zero-order chi connectivity index (χ0) is 20.8. The fourth-order valence-electron chi connectivity index (χ4n) is 2.60. The lowest BCUT2D eigenvalue weighted by molar-refractivity contribution is -0.124. The lowest BCUT2D eigenvalue weighted by Crippen LogP contribution is -2.32. The van der Waals surface area contributed by atoms with E-state index < -0.39 is 18.0 Å². The van der Waals surface area contributed by atoms with E-state index in [1.165, 1.54) is 17.4 Å². The van der Waals surface area contributed by atoms with E-state index in [-0.39, 0.29) is 0 Å². The molecule has 150 valence electrons. The van der Waals surface area contributed by atoms with Crippen LogP contribution in [-0.4, -0.2) is 30.1 Å². The molecule has 1 atom stereocenters. The van der Waals surface area contributed by atoms with Gasteiger partial charge in [-0.3, -0.25) is 10.1 Å². The van der Waals surface area contributed by atoms with Crippen LogP contribution in [0.5, 0.6) is 5.75 Å². The number of nitrogens with one attached hydrogen (secondary N) is 1. The average Bonchev–Trinajstić information content (AvgIpc) is 3.20. The molecule has 1 heterocycles. The highest BCUT2D eigenvalue weighted by atomic mass is 32.1. The van der Waals surface area contributed by atoms with E-state index in [4.69, 9.17) is 15.2 Å². The minimum absolute atomic E-state index is 0.298. The summed E-state index contributed by atoms with van der Waals surface area (Å²) in [6.07, 6.45) is -0.603. The van der Waals surface area contributed by atoms with E-state index in [0.29, 0.717) is 22.8 Å². The van der Waals surface area contributed by atoms with E-state index >= 15 is 0 Å². The van der Waals surface area contributed by atoms with E-state index in [1.807, 2.05) is 29.6 Å². The molecule has 8 heteroatoms. The van der Waals surface area contributed by atoms with Crippen molar-refractivity contribution >= 4 is 34.0 Å². The Balaban J connectivity index is 1.65. The summed E-state index contributed by atoms with van der Waals surface area (Å²) in [5, 5.41) is 4.99. The molecular formula is C21H21N3O4S. The van der Waals surface area contributed by atoms with Crippen molar-refractivity contribution in [3.8, 4) is 17.0 Å². The highest BCUT2D eigenvalue weighted by Crippen LogP contribution is 2.26. The van der Waals surface area contributed by atoms with Gasteiger partial charge in [0.05, 0.1) is 18.4 Å². The van der Waals surface area contributed by atoms with E-state index in [0.717, 1.165) is 17.0 Å². The van der Waals surface area contributed by atoms with E-state index in [9.17, 15) is 9.59 Å². The number of methoxy groups -OCH3 is 1. The van der Waals surface area contributed by atoms with Crippen LogP contribution in [-0.2, 0) is 9.53 Å². The Kier molecular flexibility index (Phi) is 6.46. The summed E-state index contributed by atoms with van der Waals surface area (Å²) in [7, 11) is 1.61. The first-order valence-corrected chi connectivity index (χ1v) is 9.85. The zero-order valence-electron chi connectivity index (χ0n) is 16.0. The lowest BCUT2D eigenvalue weighted by Gasteiger charge is -2.15. The van der Waals surface area contributed by atoms with Crippen molar-refractivity contribution in [3.63, 3.8) is 0 Å². The first-order chi connectivity index (χ1) is 14.0. The van der Waals surface area contributed by atoms with Gasteiger partial charge in [-0.05, 0) is 48.9 Å². The minimum Gasteiger partial charge on any atom is -0.497 e. The molecule has 0 bridgehead atoms. The fraction of sp³-hybridized carbons (Fsp3) is 0.190. The van der Waals surface area contributed by atoms with Crippen molar-refractivity contribution in [2.75, 3.05) is 18.2 Å². The van der Waals surface area contributed by atoms with Gasteiger partial charge in [-0.2, -0.15) is 0 Å². The largest absolute Gasteiger partial charge is 0.497 e. The third kappa shape index (κ3) is 5.11. The molecule has 7 nitrogen and oxygen atoms in total. The maximum Gasteiger partial charge on any atom is 0.338 e. The molecular weight excluding hydrogens is 390 g/mol. The normalized spacial score (nSPS) is 11.5. The Morgan fingerprint density at radius 2 is 1.97 bits per heavy atom. The van der Waals surface area contributed by atoms with Crippen LogP contribution >= 0.6 is 11.3 Å². The Morgan fingerprint density at radius 1 is 1.21 bits per heavy atom. The lowest BCUT2D eigenvalue weighted by atomic mass is 10.2. The minimum atomic E-state index is -0.933. The SMILES string of the molecule is CCC(OC(=O)c1cccc(N)c1)C(=O)Nc1nc(-c2ccc(OC)cc2)cs1. The van der Waals surface area contributed by atoms with Crippen LogP contribution in [0, 0.1) is 0 Å². The van der Waals surface area contributed by atoms with Gasteiger partial charge >= 0.3 is 5.97 Å². The number of carbonyl (C=O) groups is 2. The molecule has 1 amide bonds. The molecule has 29 heavy (non-hydrogen) atoms. The van der Waals surface area contributed by atoms with Crippen LogP contribution in [0.2, 0.25) is 0 Å². The van der Waals surface area contributed by atoms with Gasteiger partial charge < -0.3 is 15.2 Å². The van der Waals surface area contributed by atoms with Gasteiger partial charge in [-0.25, -0.2) is 9.78 Å². The highest BCUT2D eigenvalue weighted by molar-refractivity contribution is 7.14. The molecule has 0 aliphatic heterocycles.